The molecule has 7 N–H and O–H groups in total. The molecule has 2 aliphatic heterocycles. The fourth-order valence-electron chi connectivity index (χ4n) is 6.80. The molecular weight excluding hydrogens is 744 g/mol. The van der Waals surface area contributed by atoms with Crippen molar-refractivity contribution in [3.63, 3.8) is 0 Å². The third kappa shape index (κ3) is 20.9. The van der Waals surface area contributed by atoms with Crippen LogP contribution in [0.15, 0.2) is 12.2 Å². The summed E-state index contributed by atoms with van der Waals surface area (Å²) in [5.74, 6) is -0.943. The second-order valence-corrected chi connectivity index (χ2v) is 15.5. The van der Waals surface area contributed by atoms with Crippen LogP contribution in [0.25, 0.3) is 0 Å². The maximum Gasteiger partial charge on any atom is 0.306 e. The van der Waals surface area contributed by atoms with E-state index < -0.39 is 92.7 Å². The molecule has 0 saturated carbocycles. The smallest absolute Gasteiger partial charge is 0.306 e. The minimum atomic E-state index is -1.76. The first kappa shape index (κ1) is 51.4. The SMILES string of the molecule is CCCCCCCC/C=C\CCCCCCCC(=O)OC(COC(=O)CCCCCCCC)COC1OC(COC2OC(CO)C(O)C(O)C2O)C(O)C(O)C1O. The molecular formula is C42H76O15. The van der Waals surface area contributed by atoms with E-state index in [2.05, 4.69) is 26.0 Å². The first-order valence-electron chi connectivity index (χ1n) is 21.8. The Morgan fingerprint density at radius 2 is 1.00 bits per heavy atom. The lowest BCUT2D eigenvalue weighted by molar-refractivity contribution is -0.332. The van der Waals surface area contributed by atoms with Gasteiger partial charge in [-0.1, -0.05) is 109 Å². The van der Waals surface area contributed by atoms with Crippen molar-refractivity contribution in [1.29, 1.82) is 0 Å². The molecule has 11 atom stereocenters. The van der Waals surface area contributed by atoms with E-state index in [1.165, 1.54) is 38.5 Å². The zero-order valence-electron chi connectivity index (χ0n) is 34.6. The summed E-state index contributed by atoms with van der Waals surface area (Å²) in [5.41, 5.74) is 0. The van der Waals surface area contributed by atoms with E-state index in [1.54, 1.807) is 0 Å². The number of hydrogen-bond donors (Lipinski definition) is 7. The third-order valence-electron chi connectivity index (χ3n) is 10.5. The Morgan fingerprint density at radius 3 is 1.54 bits per heavy atom. The van der Waals surface area contributed by atoms with Crippen LogP contribution in [0.5, 0.6) is 0 Å². The lowest BCUT2D eigenvalue weighted by Crippen LogP contribution is -2.61. The van der Waals surface area contributed by atoms with Gasteiger partial charge in [-0.25, -0.2) is 0 Å². The van der Waals surface area contributed by atoms with Crippen LogP contribution in [0.1, 0.15) is 149 Å². The fourth-order valence-corrected chi connectivity index (χ4v) is 6.80. The molecule has 2 heterocycles. The van der Waals surface area contributed by atoms with E-state index in [0.29, 0.717) is 12.8 Å². The van der Waals surface area contributed by atoms with Crippen molar-refractivity contribution >= 4 is 11.9 Å². The van der Waals surface area contributed by atoms with Gasteiger partial charge in [-0.15, -0.1) is 0 Å². The van der Waals surface area contributed by atoms with Gasteiger partial charge in [-0.3, -0.25) is 9.59 Å². The molecule has 334 valence electrons. The topological polar surface area (TPSA) is 231 Å². The molecule has 2 fully saturated rings. The standard InChI is InChI=1S/C42H76O15/c1-3-5-7-9-11-12-13-14-15-16-17-18-19-21-23-25-34(45)55-30(27-52-33(44)24-22-20-10-8-6-4-2)28-53-41-40(51)38(49)36(47)32(57-41)29-54-42-39(50)37(48)35(46)31(26-43)56-42/h14-15,30-32,35-43,46-51H,3-13,16-29H2,1-2H3/b15-14-. The summed E-state index contributed by atoms with van der Waals surface area (Å²) in [7, 11) is 0. The van der Waals surface area contributed by atoms with Crippen molar-refractivity contribution in [1.82, 2.24) is 0 Å². The summed E-state index contributed by atoms with van der Waals surface area (Å²) in [5, 5.41) is 71.6. The van der Waals surface area contributed by atoms with Gasteiger partial charge >= 0.3 is 11.9 Å². The molecule has 0 bridgehead atoms. The Hall–Kier alpha value is -1.76. The maximum atomic E-state index is 12.9. The van der Waals surface area contributed by atoms with E-state index in [-0.39, 0.29) is 26.1 Å². The highest BCUT2D eigenvalue weighted by Gasteiger charge is 2.47. The lowest BCUT2D eigenvalue weighted by Gasteiger charge is -2.42. The first-order chi connectivity index (χ1) is 27.5. The Labute approximate surface area is 340 Å². The van der Waals surface area contributed by atoms with Crippen LogP contribution in [0, 0.1) is 0 Å². The summed E-state index contributed by atoms with van der Waals surface area (Å²) in [6.07, 6.45) is 8.70. The van der Waals surface area contributed by atoms with Crippen molar-refractivity contribution in [2.24, 2.45) is 0 Å². The van der Waals surface area contributed by atoms with Gasteiger partial charge in [0.2, 0.25) is 0 Å². The van der Waals surface area contributed by atoms with Crippen molar-refractivity contribution in [3.05, 3.63) is 12.2 Å². The van der Waals surface area contributed by atoms with E-state index in [9.17, 15) is 45.3 Å². The van der Waals surface area contributed by atoms with Crippen LogP contribution in [0.2, 0.25) is 0 Å². The molecule has 11 unspecified atom stereocenters. The van der Waals surface area contributed by atoms with E-state index in [0.717, 1.165) is 70.6 Å². The predicted molar refractivity (Wildman–Crippen MR) is 211 cm³/mol. The molecule has 0 aliphatic carbocycles. The van der Waals surface area contributed by atoms with Crippen molar-refractivity contribution in [2.75, 3.05) is 26.4 Å². The van der Waals surface area contributed by atoms with E-state index >= 15 is 0 Å². The molecule has 0 aromatic heterocycles. The molecule has 15 heteroatoms. The lowest BCUT2D eigenvalue weighted by atomic mass is 9.98. The van der Waals surface area contributed by atoms with Gasteiger partial charge in [0.25, 0.3) is 0 Å². The fraction of sp³-hybridized carbons (Fsp3) is 0.905. The number of aliphatic hydroxyl groups is 7. The highest BCUT2D eigenvalue weighted by atomic mass is 16.7. The maximum absolute atomic E-state index is 12.9. The van der Waals surface area contributed by atoms with Gasteiger partial charge in [0, 0.05) is 12.8 Å². The van der Waals surface area contributed by atoms with Crippen molar-refractivity contribution in [3.8, 4) is 0 Å². The van der Waals surface area contributed by atoms with Gasteiger partial charge < -0.3 is 64.2 Å². The van der Waals surface area contributed by atoms with Crippen molar-refractivity contribution in [2.45, 2.75) is 216 Å². The molecule has 15 nitrogen and oxygen atoms in total. The van der Waals surface area contributed by atoms with Gasteiger partial charge in [0.15, 0.2) is 18.7 Å². The predicted octanol–water partition coefficient (Wildman–Crippen LogP) is 3.87. The molecule has 0 aromatic rings. The monoisotopic (exact) mass is 821 g/mol. The second-order valence-electron chi connectivity index (χ2n) is 15.5. The van der Waals surface area contributed by atoms with Crippen molar-refractivity contribution < 1.29 is 73.8 Å². The largest absolute Gasteiger partial charge is 0.462 e. The van der Waals surface area contributed by atoms with E-state index in [4.69, 9.17) is 28.4 Å². The number of rotatable bonds is 32. The molecule has 0 amide bonds. The molecule has 0 spiro atoms. The Bertz CT molecular complexity index is 1060. The number of carbonyl (C=O) groups excluding carboxylic acids is 2. The number of ether oxygens (including phenoxy) is 6. The number of hydrogen-bond acceptors (Lipinski definition) is 15. The Morgan fingerprint density at radius 1 is 0.544 bits per heavy atom. The molecule has 2 saturated heterocycles. The van der Waals surface area contributed by atoms with Crippen LogP contribution in [-0.2, 0) is 38.0 Å². The number of allylic oxidation sites excluding steroid dienone is 2. The average Bonchev–Trinajstić information content (AvgIpc) is 3.20. The minimum absolute atomic E-state index is 0.158. The number of esters is 2. The molecule has 2 rings (SSSR count). The van der Waals surface area contributed by atoms with Crippen LogP contribution in [0.3, 0.4) is 0 Å². The van der Waals surface area contributed by atoms with Crippen LogP contribution < -0.4 is 0 Å². The number of aliphatic hydroxyl groups excluding tert-OH is 7. The quantitative estimate of drug-likeness (QED) is 0.0290. The Balaban J connectivity index is 1.85. The van der Waals surface area contributed by atoms with Crippen LogP contribution >= 0.6 is 0 Å². The molecule has 57 heavy (non-hydrogen) atoms. The summed E-state index contributed by atoms with van der Waals surface area (Å²) in [6.45, 7) is 2.48. The zero-order chi connectivity index (χ0) is 41.8. The summed E-state index contributed by atoms with van der Waals surface area (Å²) in [4.78, 5) is 25.4. The summed E-state index contributed by atoms with van der Waals surface area (Å²) >= 11 is 0. The molecule has 0 radical (unpaired) electrons. The molecule has 0 aromatic carbocycles. The van der Waals surface area contributed by atoms with Crippen LogP contribution in [-0.4, -0.2) is 142 Å². The average molecular weight is 821 g/mol. The third-order valence-corrected chi connectivity index (χ3v) is 10.5. The van der Waals surface area contributed by atoms with E-state index in [1.807, 2.05) is 0 Å². The van der Waals surface area contributed by atoms with Gasteiger partial charge in [0.1, 0.15) is 55.4 Å². The summed E-state index contributed by atoms with van der Waals surface area (Å²) < 4.78 is 33.3. The molecule has 2 aliphatic rings. The zero-order valence-corrected chi connectivity index (χ0v) is 34.6. The normalized spacial score (nSPS) is 28.4. The van der Waals surface area contributed by atoms with Gasteiger partial charge in [0.05, 0.1) is 19.8 Å². The van der Waals surface area contributed by atoms with Gasteiger partial charge in [-0.05, 0) is 38.5 Å². The Kier molecular flexibility index (Phi) is 28.1. The second kappa shape index (κ2) is 31.2. The minimum Gasteiger partial charge on any atom is -0.462 e. The highest BCUT2D eigenvalue weighted by Crippen LogP contribution is 2.26. The number of unbranched alkanes of at least 4 members (excludes halogenated alkanes) is 16. The summed E-state index contributed by atoms with van der Waals surface area (Å²) in [6, 6.07) is 0. The van der Waals surface area contributed by atoms with Gasteiger partial charge in [-0.2, -0.15) is 0 Å². The first-order valence-corrected chi connectivity index (χ1v) is 21.8. The van der Waals surface area contributed by atoms with Crippen LogP contribution in [0.4, 0.5) is 0 Å². The number of carbonyl (C=O) groups is 2. The highest BCUT2D eigenvalue weighted by molar-refractivity contribution is 5.70.